The first-order chi connectivity index (χ1) is 11.4. The number of carbonyl (C=O) groups excluding carboxylic acids is 2. The Morgan fingerprint density at radius 1 is 1.04 bits per heavy atom. The predicted molar refractivity (Wildman–Crippen MR) is 86.6 cm³/mol. The Balaban J connectivity index is 1.65. The van der Waals surface area contributed by atoms with Crippen LogP contribution >= 0.6 is 0 Å². The van der Waals surface area contributed by atoms with Crippen LogP contribution < -0.4 is 10.6 Å². The molecule has 3 rings (SSSR count). The molecule has 2 N–H and O–H groups in total. The van der Waals surface area contributed by atoms with E-state index in [0.717, 1.165) is 5.56 Å². The topological polar surface area (TPSA) is 58.2 Å². The highest BCUT2D eigenvalue weighted by Crippen LogP contribution is 2.48. The molecule has 1 aliphatic carbocycles. The highest BCUT2D eigenvalue weighted by molar-refractivity contribution is 5.96. The van der Waals surface area contributed by atoms with Crippen molar-refractivity contribution < 1.29 is 18.4 Å². The molecule has 0 saturated heterocycles. The van der Waals surface area contributed by atoms with Gasteiger partial charge in [-0.05, 0) is 48.2 Å². The fraction of sp³-hybridized carbons (Fsp3) is 0.222. The van der Waals surface area contributed by atoms with Crippen molar-refractivity contribution in [3.05, 3.63) is 59.7 Å². The fourth-order valence-electron chi connectivity index (χ4n) is 2.69. The lowest BCUT2D eigenvalue weighted by Crippen LogP contribution is -2.15. The van der Waals surface area contributed by atoms with Crippen LogP contribution in [0.25, 0.3) is 0 Å². The molecule has 1 fully saturated rings. The first-order valence-corrected chi connectivity index (χ1v) is 7.57. The average Bonchev–Trinajstić information content (AvgIpc) is 3.31. The van der Waals surface area contributed by atoms with E-state index in [1.165, 1.54) is 37.3 Å². The van der Waals surface area contributed by atoms with Gasteiger partial charge in [-0.1, -0.05) is 12.1 Å². The number of halogens is 2. The van der Waals surface area contributed by atoms with Gasteiger partial charge in [0.2, 0.25) is 11.8 Å². The molecule has 6 heteroatoms. The molecule has 0 heterocycles. The summed E-state index contributed by atoms with van der Waals surface area (Å²) in [6.07, 6.45) is 0.692. The van der Waals surface area contributed by atoms with E-state index in [1.54, 1.807) is 12.1 Å². The Morgan fingerprint density at radius 2 is 1.75 bits per heavy atom. The second-order valence-electron chi connectivity index (χ2n) is 5.87. The van der Waals surface area contributed by atoms with Gasteiger partial charge < -0.3 is 10.6 Å². The minimum absolute atomic E-state index is 0.0196. The zero-order valence-corrected chi connectivity index (χ0v) is 13.0. The Labute approximate surface area is 137 Å². The third-order valence-corrected chi connectivity index (χ3v) is 3.97. The van der Waals surface area contributed by atoms with Crippen molar-refractivity contribution in [2.24, 2.45) is 5.92 Å². The predicted octanol–water partition coefficient (Wildman–Crippen LogP) is 3.67. The van der Waals surface area contributed by atoms with Gasteiger partial charge in [0.1, 0.15) is 11.6 Å². The molecule has 0 spiro atoms. The largest absolute Gasteiger partial charge is 0.326 e. The maximum atomic E-state index is 13.6. The van der Waals surface area contributed by atoms with Gasteiger partial charge in [-0.25, -0.2) is 8.78 Å². The molecule has 2 aromatic carbocycles. The van der Waals surface area contributed by atoms with Gasteiger partial charge in [-0.3, -0.25) is 9.59 Å². The Hall–Kier alpha value is -2.76. The lowest BCUT2D eigenvalue weighted by molar-refractivity contribution is -0.117. The SMILES string of the molecule is CC(=O)Nc1cc(NC(=O)C2CC2c2ccc(F)cc2)ccc1F. The van der Waals surface area contributed by atoms with E-state index in [0.29, 0.717) is 12.1 Å². The van der Waals surface area contributed by atoms with Crippen LogP contribution in [-0.4, -0.2) is 11.8 Å². The molecule has 2 unspecified atom stereocenters. The van der Waals surface area contributed by atoms with Crippen molar-refractivity contribution in [2.75, 3.05) is 10.6 Å². The van der Waals surface area contributed by atoms with Gasteiger partial charge in [0, 0.05) is 18.5 Å². The number of rotatable bonds is 4. The molecule has 2 amide bonds. The van der Waals surface area contributed by atoms with Crippen molar-refractivity contribution in [1.82, 2.24) is 0 Å². The lowest BCUT2D eigenvalue weighted by Gasteiger charge is -2.09. The van der Waals surface area contributed by atoms with E-state index in [2.05, 4.69) is 10.6 Å². The van der Waals surface area contributed by atoms with Crippen LogP contribution in [0.4, 0.5) is 20.2 Å². The highest BCUT2D eigenvalue weighted by atomic mass is 19.1. The molecule has 2 atom stereocenters. The minimum Gasteiger partial charge on any atom is -0.326 e. The van der Waals surface area contributed by atoms with E-state index < -0.39 is 11.7 Å². The number of anilines is 2. The molecule has 124 valence electrons. The summed E-state index contributed by atoms with van der Waals surface area (Å²) in [5.41, 5.74) is 1.36. The summed E-state index contributed by atoms with van der Waals surface area (Å²) in [4.78, 5) is 23.3. The Bertz CT molecular complexity index is 790. The van der Waals surface area contributed by atoms with E-state index in [9.17, 15) is 18.4 Å². The smallest absolute Gasteiger partial charge is 0.228 e. The van der Waals surface area contributed by atoms with Crippen LogP contribution in [0.3, 0.4) is 0 Å². The van der Waals surface area contributed by atoms with Crippen LogP contribution in [0.15, 0.2) is 42.5 Å². The molecule has 0 aromatic heterocycles. The summed E-state index contributed by atoms with van der Waals surface area (Å²) >= 11 is 0. The van der Waals surface area contributed by atoms with Gasteiger partial charge in [-0.15, -0.1) is 0 Å². The molecular formula is C18H16F2N2O2. The van der Waals surface area contributed by atoms with Crippen molar-refractivity contribution in [3.63, 3.8) is 0 Å². The van der Waals surface area contributed by atoms with Crippen LogP contribution in [0, 0.1) is 17.6 Å². The molecule has 24 heavy (non-hydrogen) atoms. The molecular weight excluding hydrogens is 314 g/mol. The van der Waals surface area contributed by atoms with Gasteiger partial charge >= 0.3 is 0 Å². The van der Waals surface area contributed by atoms with Crippen LogP contribution in [0.5, 0.6) is 0 Å². The van der Waals surface area contributed by atoms with Crippen molar-refractivity contribution >= 4 is 23.2 Å². The molecule has 2 aromatic rings. The summed E-state index contributed by atoms with van der Waals surface area (Å²) in [5.74, 6) is -1.57. The number of carbonyl (C=O) groups is 2. The second kappa shape index (κ2) is 6.39. The maximum absolute atomic E-state index is 13.6. The zero-order chi connectivity index (χ0) is 17.3. The van der Waals surface area contributed by atoms with Crippen LogP contribution in [0.2, 0.25) is 0 Å². The fourth-order valence-corrected chi connectivity index (χ4v) is 2.69. The third kappa shape index (κ3) is 3.59. The third-order valence-electron chi connectivity index (χ3n) is 3.97. The molecule has 1 aliphatic rings. The minimum atomic E-state index is -0.571. The van der Waals surface area contributed by atoms with Gasteiger partial charge in [0.05, 0.1) is 5.69 Å². The van der Waals surface area contributed by atoms with Crippen molar-refractivity contribution in [3.8, 4) is 0 Å². The summed E-state index contributed by atoms with van der Waals surface area (Å²) in [7, 11) is 0. The maximum Gasteiger partial charge on any atom is 0.228 e. The Morgan fingerprint density at radius 3 is 2.42 bits per heavy atom. The van der Waals surface area contributed by atoms with Gasteiger partial charge in [-0.2, -0.15) is 0 Å². The number of amides is 2. The molecule has 0 aliphatic heterocycles. The second-order valence-corrected chi connectivity index (χ2v) is 5.87. The quantitative estimate of drug-likeness (QED) is 0.899. The van der Waals surface area contributed by atoms with Gasteiger partial charge in [0.15, 0.2) is 0 Å². The molecule has 0 radical (unpaired) electrons. The molecule has 1 saturated carbocycles. The first kappa shape index (κ1) is 16.1. The number of nitrogens with one attached hydrogen (secondary N) is 2. The summed E-state index contributed by atoms with van der Waals surface area (Å²) in [5, 5.41) is 5.10. The van der Waals surface area contributed by atoms with E-state index in [1.807, 2.05) is 0 Å². The normalized spacial score (nSPS) is 18.8. The van der Waals surface area contributed by atoms with Crippen molar-refractivity contribution in [1.29, 1.82) is 0 Å². The Kier molecular flexibility index (Phi) is 4.29. The van der Waals surface area contributed by atoms with Crippen LogP contribution in [-0.2, 0) is 9.59 Å². The number of hydrogen-bond donors (Lipinski definition) is 2. The lowest BCUT2D eigenvalue weighted by atomic mass is 10.1. The van der Waals surface area contributed by atoms with Gasteiger partial charge in [0.25, 0.3) is 0 Å². The standard InChI is InChI=1S/C18H16F2N2O2/c1-10(23)21-17-8-13(6-7-16(17)20)22-18(24)15-9-14(15)11-2-4-12(19)5-3-11/h2-8,14-15H,9H2,1H3,(H,21,23)(H,22,24). The summed E-state index contributed by atoms with van der Waals surface area (Å²) in [6, 6.07) is 10.1. The monoisotopic (exact) mass is 330 g/mol. The van der Waals surface area contributed by atoms with Crippen LogP contribution in [0.1, 0.15) is 24.8 Å². The van der Waals surface area contributed by atoms with E-state index in [4.69, 9.17) is 0 Å². The van der Waals surface area contributed by atoms with E-state index in [-0.39, 0.29) is 29.2 Å². The molecule has 0 bridgehead atoms. The highest BCUT2D eigenvalue weighted by Gasteiger charge is 2.43. The van der Waals surface area contributed by atoms with Crippen molar-refractivity contribution in [2.45, 2.75) is 19.3 Å². The number of benzene rings is 2. The summed E-state index contributed by atoms with van der Waals surface area (Å²) < 4.78 is 26.5. The van der Waals surface area contributed by atoms with E-state index >= 15 is 0 Å². The average molecular weight is 330 g/mol. The zero-order valence-electron chi connectivity index (χ0n) is 13.0. The first-order valence-electron chi connectivity index (χ1n) is 7.57. The number of hydrogen-bond acceptors (Lipinski definition) is 2. The summed E-state index contributed by atoms with van der Waals surface area (Å²) in [6.45, 7) is 1.28. The molecule has 4 nitrogen and oxygen atoms in total.